The van der Waals surface area contributed by atoms with Gasteiger partial charge in [0.25, 0.3) is 0 Å². The van der Waals surface area contributed by atoms with Gasteiger partial charge in [-0.15, -0.1) is 5.10 Å². The van der Waals surface area contributed by atoms with Gasteiger partial charge in [-0.3, -0.25) is 0 Å². The highest BCUT2D eigenvalue weighted by Crippen LogP contribution is 2.19. The van der Waals surface area contributed by atoms with Crippen molar-refractivity contribution in [3.05, 3.63) is 48.4 Å². The Labute approximate surface area is 96.4 Å². The molecule has 1 aromatic carbocycles. The van der Waals surface area contributed by atoms with Gasteiger partial charge in [-0.05, 0) is 23.7 Å². The van der Waals surface area contributed by atoms with Crippen molar-refractivity contribution in [2.45, 2.75) is 0 Å². The molecule has 16 heavy (non-hydrogen) atoms. The number of imidazole rings is 1. The molecule has 0 aliphatic heterocycles. The average molecular weight is 228 g/mol. The van der Waals surface area contributed by atoms with Gasteiger partial charge >= 0.3 is 0 Å². The van der Waals surface area contributed by atoms with Crippen molar-refractivity contribution in [1.29, 1.82) is 0 Å². The van der Waals surface area contributed by atoms with Crippen LogP contribution in [-0.2, 0) is 0 Å². The summed E-state index contributed by atoms with van der Waals surface area (Å²) < 4.78 is 5.81. The molecule has 0 amide bonds. The standard InChI is InChI=1S/C11H8N4S/c1-3-10(15-6-5-12-8-15)4-2-9(1)11-7-16-14-13-11/h1-8H. The van der Waals surface area contributed by atoms with Crippen LogP contribution in [0.5, 0.6) is 0 Å². The van der Waals surface area contributed by atoms with E-state index in [0.29, 0.717) is 0 Å². The number of nitrogens with zero attached hydrogens (tertiary/aromatic N) is 4. The van der Waals surface area contributed by atoms with E-state index in [4.69, 9.17) is 0 Å². The zero-order valence-corrected chi connectivity index (χ0v) is 9.13. The van der Waals surface area contributed by atoms with Gasteiger partial charge < -0.3 is 4.57 Å². The minimum atomic E-state index is 0.919. The lowest BCUT2D eigenvalue weighted by Crippen LogP contribution is -1.89. The second-order valence-electron chi connectivity index (χ2n) is 3.31. The summed E-state index contributed by atoms with van der Waals surface area (Å²) in [6, 6.07) is 8.14. The summed E-state index contributed by atoms with van der Waals surface area (Å²) in [4.78, 5) is 4.01. The maximum absolute atomic E-state index is 4.03. The van der Waals surface area contributed by atoms with Gasteiger partial charge in [0.15, 0.2) is 0 Å². The van der Waals surface area contributed by atoms with Crippen LogP contribution in [0.4, 0.5) is 0 Å². The number of hydrogen-bond acceptors (Lipinski definition) is 4. The second-order valence-corrected chi connectivity index (χ2v) is 3.92. The second kappa shape index (κ2) is 3.86. The molecule has 0 unspecified atom stereocenters. The fourth-order valence-electron chi connectivity index (χ4n) is 1.51. The van der Waals surface area contributed by atoms with Crippen LogP contribution in [-0.4, -0.2) is 19.1 Å². The van der Waals surface area contributed by atoms with Gasteiger partial charge in [-0.25, -0.2) is 4.98 Å². The van der Waals surface area contributed by atoms with Gasteiger partial charge in [0, 0.05) is 29.0 Å². The van der Waals surface area contributed by atoms with Gasteiger partial charge in [-0.2, -0.15) is 0 Å². The Hall–Kier alpha value is -2.01. The molecule has 0 aliphatic carbocycles. The maximum Gasteiger partial charge on any atom is 0.105 e. The quantitative estimate of drug-likeness (QED) is 0.676. The van der Waals surface area contributed by atoms with E-state index in [1.54, 1.807) is 12.5 Å². The van der Waals surface area contributed by atoms with Crippen molar-refractivity contribution in [3.63, 3.8) is 0 Å². The Kier molecular flexibility index (Phi) is 2.23. The first-order chi connectivity index (χ1) is 7.93. The van der Waals surface area contributed by atoms with E-state index in [1.807, 2.05) is 40.4 Å². The smallest absolute Gasteiger partial charge is 0.105 e. The molecule has 2 aromatic heterocycles. The zero-order chi connectivity index (χ0) is 10.8. The van der Waals surface area contributed by atoms with Crippen LogP contribution in [0.25, 0.3) is 16.9 Å². The van der Waals surface area contributed by atoms with Crippen LogP contribution in [0, 0.1) is 0 Å². The van der Waals surface area contributed by atoms with E-state index >= 15 is 0 Å². The summed E-state index contributed by atoms with van der Waals surface area (Å²) in [5, 5.41) is 5.96. The number of benzene rings is 1. The largest absolute Gasteiger partial charge is 0.306 e. The molecule has 2 heterocycles. The highest BCUT2D eigenvalue weighted by molar-refractivity contribution is 7.03. The molecule has 0 bridgehead atoms. The first-order valence-electron chi connectivity index (χ1n) is 4.79. The van der Waals surface area contributed by atoms with Crippen molar-refractivity contribution in [2.75, 3.05) is 0 Å². The molecule has 3 rings (SSSR count). The minimum absolute atomic E-state index is 0.919. The lowest BCUT2D eigenvalue weighted by molar-refractivity contribution is 1.06. The zero-order valence-electron chi connectivity index (χ0n) is 8.32. The topological polar surface area (TPSA) is 43.6 Å². The Morgan fingerprint density at radius 1 is 1.12 bits per heavy atom. The monoisotopic (exact) mass is 228 g/mol. The Balaban J connectivity index is 1.97. The van der Waals surface area contributed by atoms with Crippen LogP contribution in [0.3, 0.4) is 0 Å². The summed E-state index contributed by atoms with van der Waals surface area (Å²) in [7, 11) is 0. The fraction of sp³-hybridized carbons (Fsp3) is 0. The number of hydrogen-bond donors (Lipinski definition) is 0. The van der Waals surface area contributed by atoms with Crippen molar-refractivity contribution in [2.24, 2.45) is 0 Å². The van der Waals surface area contributed by atoms with Crippen molar-refractivity contribution in [1.82, 2.24) is 19.1 Å². The van der Waals surface area contributed by atoms with Gasteiger partial charge in [0.05, 0.1) is 6.33 Å². The molecule has 0 fully saturated rings. The summed E-state index contributed by atoms with van der Waals surface area (Å²) in [6.07, 6.45) is 5.46. The van der Waals surface area contributed by atoms with E-state index in [2.05, 4.69) is 14.6 Å². The molecule has 3 aromatic rings. The molecule has 78 valence electrons. The minimum Gasteiger partial charge on any atom is -0.306 e. The van der Waals surface area contributed by atoms with Gasteiger partial charge in [0.2, 0.25) is 0 Å². The molecular weight excluding hydrogens is 220 g/mol. The molecular formula is C11H8N4S. The van der Waals surface area contributed by atoms with Crippen molar-refractivity contribution < 1.29 is 0 Å². The molecule has 0 radical (unpaired) electrons. The van der Waals surface area contributed by atoms with Gasteiger partial charge in [0.1, 0.15) is 5.69 Å². The molecule has 0 saturated carbocycles. The van der Waals surface area contributed by atoms with E-state index in [0.717, 1.165) is 16.9 Å². The molecule has 0 saturated heterocycles. The van der Waals surface area contributed by atoms with E-state index in [-0.39, 0.29) is 0 Å². The number of aromatic nitrogens is 4. The maximum atomic E-state index is 4.03. The fourth-order valence-corrected chi connectivity index (χ4v) is 1.97. The van der Waals surface area contributed by atoms with E-state index < -0.39 is 0 Å². The summed E-state index contributed by atoms with van der Waals surface area (Å²) in [5.74, 6) is 0. The van der Waals surface area contributed by atoms with Crippen molar-refractivity contribution >= 4 is 11.5 Å². The third-order valence-electron chi connectivity index (χ3n) is 2.33. The number of rotatable bonds is 2. The third-order valence-corrected chi connectivity index (χ3v) is 2.83. The average Bonchev–Trinajstić information content (AvgIpc) is 3.03. The molecule has 4 nitrogen and oxygen atoms in total. The van der Waals surface area contributed by atoms with Crippen LogP contribution in [0.2, 0.25) is 0 Å². The Morgan fingerprint density at radius 3 is 2.62 bits per heavy atom. The van der Waals surface area contributed by atoms with E-state index in [9.17, 15) is 0 Å². The van der Waals surface area contributed by atoms with Crippen molar-refractivity contribution in [3.8, 4) is 16.9 Å². The lowest BCUT2D eigenvalue weighted by atomic mass is 10.1. The molecule has 5 heteroatoms. The molecule has 0 atom stereocenters. The molecule has 0 N–H and O–H groups in total. The summed E-state index contributed by atoms with van der Waals surface area (Å²) >= 11 is 1.36. The van der Waals surface area contributed by atoms with Crippen LogP contribution < -0.4 is 0 Å². The van der Waals surface area contributed by atoms with Gasteiger partial charge in [-0.1, -0.05) is 16.6 Å². The first-order valence-corrected chi connectivity index (χ1v) is 5.63. The lowest BCUT2D eigenvalue weighted by Gasteiger charge is -2.02. The Morgan fingerprint density at radius 2 is 2.00 bits per heavy atom. The summed E-state index contributed by atoms with van der Waals surface area (Å²) in [6.45, 7) is 0. The Bertz CT molecular complexity index is 501. The molecule has 0 aliphatic rings. The molecule has 0 spiro atoms. The highest BCUT2D eigenvalue weighted by atomic mass is 32.1. The highest BCUT2D eigenvalue weighted by Gasteiger charge is 2.01. The third kappa shape index (κ3) is 1.61. The predicted molar refractivity (Wildman–Crippen MR) is 62.5 cm³/mol. The van der Waals surface area contributed by atoms with Crippen LogP contribution in [0.15, 0.2) is 48.4 Å². The van der Waals surface area contributed by atoms with E-state index in [1.165, 1.54) is 11.5 Å². The SMILES string of the molecule is c1cn(-c2ccc(-c3csnn3)cc2)cn1. The van der Waals surface area contributed by atoms with Crippen LogP contribution >= 0.6 is 11.5 Å². The normalized spacial score (nSPS) is 10.5. The first kappa shape index (κ1) is 9.23. The summed E-state index contributed by atoms with van der Waals surface area (Å²) in [5.41, 5.74) is 3.09. The predicted octanol–water partition coefficient (Wildman–Crippen LogP) is 2.39. The van der Waals surface area contributed by atoms with Crippen LogP contribution in [0.1, 0.15) is 0 Å².